The molecule has 0 aromatic heterocycles. The van der Waals surface area contributed by atoms with Crippen molar-refractivity contribution in [2.45, 2.75) is 38.1 Å². The first kappa shape index (κ1) is 25.6. The van der Waals surface area contributed by atoms with Crippen LogP contribution < -0.4 is 5.43 Å². The first-order chi connectivity index (χ1) is 16.2. The minimum atomic E-state index is -3.96. The summed E-state index contributed by atoms with van der Waals surface area (Å²) in [7, 11) is -3.96. The molecule has 178 valence electrons. The maximum absolute atomic E-state index is 13.3. The van der Waals surface area contributed by atoms with Gasteiger partial charge >= 0.3 is 0 Å². The number of hydrazone groups is 1. The van der Waals surface area contributed by atoms with Crippen LogP contribution in [0.15, 0.2) is 82.8 Å². The molecule has 0 atom stereocenters. The third-order valence-corrected chi connectivity index (χ3v) is 7.44. The van der Waals surface area contributed by atoms with E-state index in [9.17, 15) is 13.2 Å². The van der Waals surface area contributed by atoms with E-state index in [1.165, 1.54) is 36.0 Å². The van der Waals surface area contributed by atoms with Crippen molar-refractivity contribution in [2.24, 2.45) is 5.10 Å². The average molecular weight is 498 g/mol. The summed E-state index contributed by atoms with van der Waals surface area (Å²) >= 11 is 5.92. The largest absolute Gasteiger partial charge is 0.272 e. The molecule has 1 amide bonds. The van der Waals surface area contributed by atoms with E-state index in [2.05, 4.69) is 24.4 Å². The van der Waals surface area contributed by atoms with Gasteiger partial charge in [0.1, 0.15) is 0 Å². The van der Waals surface area contributed by atoms with Gasteiger partial charge in [-0.2, -0.15) is 9.41 Å². The highest BCUT2D eigenvalue weighted by atomic mass is 35.5. The monoisotopic (exact) mass is 497 g/mol. The molecule has 0 fully saturated rings. The molecule has 0 radical (unpaired) electrons. The van der Waals surface area contributed by atoms with Crippen molar-refractivity contribution in [1.29, 1.82) is 0 Å². The van der Waals surface area contributed by atoms with Gasteiger partial charge in [0.2, 0.25) is 10.0 Å². The van der Waals surface area contributed by atoms with Crippen molar-refractivity contribution in [3.63, 3.8) is 0 Å². The van der Waals surface area contributed by atoms with Crippen molar-refractivity contribution in [1.82, 2.24) is 9.73 Å². The topological polar surface area (TPSA) is 78.8 Å². The van der Waals surface area contributed by atoms with Crippen LogP contribution in [0.25, 0.3) is 0 Å². The fourth-order valence-electron chi connectivity index (χ4n) is 3.30. The number of amides is 1. The van der Waals surface area contributed by atoms with E-state index in [1.807, 2.05) is 55.5 Å². The summed E-state index contributed by atoms with van der Waals surface area (Å²) in [6.45, 7) is 5.79. The maximum Gasteiger partial charge on any atom is 0.255 e. The van der Waals surface area contributed by atoms with E-state index in [-0.39, 0.29) is 18.0 Å². The third-order valence-electron chi connectivity index (χ3n) is 5.39. The molecule has 1 N–H and O–H groups in total. The van der Waals surface area contributed by atoms with E-state index in [4.69, 9.17) is 11.6 Å². The fraction of sp³-hybridized carbons (Fsp3) is 0.231. The molecule has 0 saturated heterocycles. The van der Waals surface area contributed by atoms with Crippen LogP contribution in [0.4, 0.5) is 0 Å². The van der Waals surface area contributed by atoms with E-state index in [0.29, 0.717) is 10.9 Å². The van der Waals surface area contributed by atoms with Crippen LogP contribution in [-0.2, 0) is 21.4 Å². The Morgan fingerprint density at radius 1 is 1.03 bits per heavy atom. The van der Waals surface area contributed by atoms with E-state index in [0.717, 1.165) is 21.0 Å². The zero-order valence-electron chi connectivity index (χ0n) is 19.4. The van der Waals surface area contributed by atoms with Gasteiger partial charge in [0.05, 0.1) is 17.7 Å². The van der Waals surface area contributed by atoms with Crippen molar-refractivity contribution < 1.29 is 13.2 Å². The van der Waals surface area contributed by atoms with E-state index >= 15 is 0 Å². The summed E-state index contributed by atoms with van der Waals surface area (Å²) in [5.74, 6) is -0.117. The number of hydrogen-bond donors (Lipinski definition) is 1. The molecule has 0 spiro atoms. The van der Waals surface area contributed by atoms with Gasteiger partial charge in [-0.25, -0.2) is 13.8 Å². The Morgan fingerprint density at radius 2 is 1.68 bits per heavy atom. The molecule has 3 aromatic carbocycles. The molecular weight excluding hydrogens is 470 g/mol. The Kier molecular flexibility index (Phi) is 8.61. The number of aryl methyl sites for hydroxylation is 1. The minimum absolute atomic E-state index is 0.0471. The highest BCUT2D eigenvalue weighted by molar-refractivity contribution is 7.89. The number of carbonyl (C=O) groups excluding carboxylic acids is 1. The smallest absolute Gasteiger partial charge is 0.255 e. The number of carbonyl (C=O) groups is 1. The van der Waals surface area contributed by atoms with Gasteiger partial charge in [-0.1, -0.05) is 74.0 Å². The van der Waals surface area contributed by atoms with Crippen LogP contribution in [0.5, 0.6) is 0 Å². The van der Waals surface area contributed by atoms with Crippen molar-refractivity contribution in [2.75, 3.05) is 6.54 Å². The fourth-order valence-corrected chi connectivity index (χ4v) is 4.80. The van der Waals surface area contributed by atoms with E-state index in [1.54, 1.807) is 0 Å². The lowest BCUT2D eigenvalue weighted by Gasteiger charge is -2.22. The highest BCUT2D eigenvalue weighted by Crippen LogP contribution is 2.21. The molecule has 8 heteroatoms. The molecule has 6 nitrogen and oxygen atoms in total. The Hall–Kier alpha value is -3.00. The van der Waals surface area contributed by atoms with Crippen LogP contribution >= 0.6 is 11.6 Å². The predicted molar refractivity (Wildman–Crippen MR) is 136 cm³/mol. The summed E-state index contributed by atoms with van der Waals surface area (Å²) in [5.41, 5.74) is 6.21. The molecule has 0 unspecified atom stereocenters. The van der Waals surface area contributed by atoms with Gasteiger partial charge in [-0.15, -0.1) is 0 Å². The highest BCUT2D eigenvalue weighted by Gasteiger charge is 2.27. The third kappa shape index (κ3) is 6.76. The second-order valence-electron chi connectivity index (χ2n) is 8.27. The van der Waals surface area contributed by atoms with Gasteiger partial charge in [-0.3, -0.25) is 4.79 Å². The summed E-state index contributed by atoms with van der Waals surface area (Å²) in [4.78, 5) is 12.7. The lowest BCUT2D eigenvalue weighted by atomic mass is 10.0. The summed E-state index contributed by atoms with van der Waals surface area (Å²) in [5, 5.41) is 4.43. The Labute approximate surface area is 206 Å². The first-order valence-electron chi connectivity index (χ1n) is 10.9. The minimum Gasteiger partial charge on any atom is -0.272 e. The molecule has 0 heterocycles. The quantitative estimate of drug-likeness (QED) is 0.329. The lowest BCUT2D eigenvalue weighted by molar-refractivity contribution is -0.121. The number of sulfonamides is 1. The number of hydrogen-bond acceptors (Lipinski definition) is 4. The zero-order valence-corrected chi connectivity index (χ0v) is 21.0. The SMILES string of the molecule is Cc1ccccc1CN(CC(=O)N/N=C\c1ccc(C(C)C)cc1)S(=O)(=O)c1ccc(Cl)cc1. The molecule has 0 saturated carbocycles. The van der Waals surface area contributed by atoms with Crippen molar-refractivity contribution in [3.8, 4) is 0 Å². The number of benzene rings is 3. The van der Waals surface area contributed by atoms with Crippen LogP contribution in [0.3, 0.4) is 0 Å². The summed E-state index contributed by atoms with van der Waals surface area (Å²) < 4.78 is 27.8. The normalized spacial score (nSPS) is 11.9. The van der Waals surface area contributed by atoms with Gasteiger partial charge in [-0.05, 0) is 59.4 Å². The molecule has 34 heavy (non-hydrogen) atoms. The van der Waals surface area contributed by atoms with Gasteiger partial charge in [0.15, 0.2) is 0 Å². The number of rotatable bonds is 9. The van der Waals surface area contributed by atoms with Crippen LogP contribution in [0, 0.1) is 6.92 Å². The number of halogens is 1. The van der Waals surface area contributed by atoms with E-state index < -0.39 is 15.9 Å². The van der Waals surface area contributed by atoms with Crippen LogP contribution in [-0.4, -0.2) is 31.4 Å². The first-order valence-corrected chi connectivity index (χ1v) is 12.7. The number of nitrogens with one attached hydrogen (secondary N) is 1. The van der Waals surface area contributed by atoms with Gasteiger partial charge < -0.3 is 0 Å². The lowest BCUT2D eigenvalue weighted by Crippen LogP contribution is -2.39. The molecule has 0 aliphatic rings. The molecule has 0 aliphatic carbocycles. The van der Waals surface area contributed by atoms with Crippen molar-refractivity contribution in [3.05, 3.63) is 100 Å². The van der Waals surface area contributed by atoms with Crippen LogP contribution in [0.2, 0.25) is 5.02 Å². The van der Waals surface area contributed by atoms with Crippen molar-refractivity contribution >= 4 is 33.7 Å². The molecular formula is C26H28ClN3O3S. The summed E-state index contributed by atoms with van der Waals surface area (Å²) in [6.07, 6.45) is 1.53. The summed E-state index contributed by atoms with van der Waals surface area (Å²) in [6, 6.07) is 21.2. The molecule has 3 aromatic rings. The molecule has 3 rings (SSSR count). The second-order valence-corrected chi connectivity index (χ2v) is 10.6. The number of nitrogens with zero attached hydrogens (tertiary/aromatic N) is 2. The standard InChI is InChI=1S/C26H28ClN3O3S/c1-19(2)22-10-8-21(9-11-22)16-28-29-26(31)18-30(17-23-7-5-4-6-20(23)3)34(32,33)25-14-12-24(27)13-15-25/h4-16,19H,17-18H2,1-3H3,(H,29,31)/b28-16-. The van der Waals surface area contributed by atoms with Gasteiger partial charge in [0, 0.05) is 11.6 Å². The molecule has 0 aliphatic heterocycles. The zero-order chi connectivity index (χ0) is 24.7. The predicted octanol–water partition coefficient (Wildman–Crippen LogP) is 5.11. The maximum atomic E-state index is 13.3. The Bertz CT molecular complexity index is 1260. The van der Waals surface area contributed by atoms with Crippen LogP contribution in [0.1, 0.15) is 42.0 Å². The second kappa shape index (κ2) is 11.4. The average Bonchev–Trinajstić information content (AvgIpc) is 2.80. The Balaban J connectivity index is 1.77. The molecule has 0 bridgehead atoms. The van der Waals surface area contributed by atoms with Gasteiger partial charge in [0.25, 0.3) is 5.91 Å². The Morgan fingerprint density at radius 3 is 2.29 bits per heavy atom.